The molecular formula is C25H26N2O5. The molecule has 7 nitrogen and oxygen atoms in total. The van der Waals surface area contributed by atoms with E-state index >= 15 is 0 Å². The van der Waals surface area contributed by atoms with E-state index in [2.05, 4.69) is 5.32 Å². The van der Waals surface area contributed by atoms with Crippen molar-refractivity contribution in [3.05, 3.63) is 77.4 Å². The zero-order chi connectivity index (χ0) is 23.3. The number of hydrogen-bond acceptors (Lipinski definition) is 7. The van der Waals surface area contributed by atoms with E-state index in [0.717, 1.165) is 5.56 Å². The molecule has 7 heteroatoms. The number of rotatable bonds is 8. The number of hydrogen-bond donors (Lipinski definition) is 2. The molecule has 0 radical (unpaired) electrons. The summed E-state index contributed by atoms with van der Waals surface area (Å²) < 4.78 is 10.3. The Bertz CT molecular complexity index is 1140. The van der Waals surface area contributed by atoms with Gasteiger partial charge in [0, 0.05) is 0 Å². The summed E-state index contributed by atoms with van der Waals surface area (Å²) in [6, 6.07) is 16.5. The third-order valence-corrected chi connectivity index (χ3v) is 5.06. The van der Waals surface area contributed by atoms with Gasteiger partial charge in [-0.05, 0) is 36.2 Å². The van der Waals surface area contributed by atoms with Crippen molar-refractivity contribution in [3.8, 4) is 0 Å². The molecule has 2 atom stereocenters. The number of esters is 2. The fraction of sp³-hybridized carbons (Fsp3) is 0.240. The lowest BCUT2D eigenvalue weighted by Gasteiger charge is -2.21. The number of ether oxygens (including phenoxy) is 2. The van der Waals surface area contributed by atoms with Crippen LogP contribution in [-0.4, -0.2) is 36.9 Å². The number of benzene rings is 3. The van der Waals surface area contributed by atoms with Gasteiger partial charge in [-0.15, -0.1) is 0 Å². The molecule has 0 bridgehead atoms. The van der Waals surface area contributed by atoms with Crippen LogP contribution in [0.3, 0.4) is 0 Å². The molecule has 3 rings (SSSR count). The molecule has 0 spiro atoms. The third kappa shape index (κ3) is 4.95. The lowest BCUT2D eigenvalue weighted by Crippen LogP contribution is -2.32. The van der Waals surface area contributed by atoms with E-state index in [1.54, 1.807) is 38.1 Å². The molecule has 0 aliphatic carbocycles. The van der Waals surface area contributed by atoms with E-state index < -0.39 is 24.0 Å². The number of ketones is 1. The second-order valence-corrected chi connectivity index (χ2v) is 7.50. The Morgan fingerprint density at radius 3 is 2.31 bits per heavy atom. The highest BCUT2D eigenvalue weighted by Crippen LogP contribution is 2.33. The summed E-state index contributed by atoms with van der Waals surface area (Å²) in [7, 11) is 1.27. The minimum atomic E-state index is -0.818. The van der Waals surface area contributed by atoms with Crippen molar-refractivity contribution in [2.45, 2.75) is 32.5 Å². The predicted octanol–water partition coefficient (Wildman–Crippen LogP) is 3.70. The minimum Gasteiger partial charge on any atom is -0.467 e. The van der Waals surface area contributed by atoms with Crippen LogP contribution in [-0.2, 0) is 20.9 Å². The highest BCUT2D eigenvalue weighted by Gasteiger charge is 2.27. The van der Waals surface area contributed by atoms with Crippen LogP contribution in [0.4, 0.5) is 5.69 Å². The van der Waals surface area contributed by atoms with Gasteiger partial charge in [0.15, 0.2) is 5.78 Å². The first-order valence-corrected chi connectivity index (χ1v) is 10.2. The molecule has 0 heterocycles. The average molecular weight is 434 g/mol. The molecule has 0 saturated carbocycles. The Morgan fingerprint density at radius 2 is 1.66 bits per heavy atom. The van der Waals surface area contributed by atoms with Gasteiger partial charge in [0.2, 0.25) is 0 Å². The van der Waals surface area contributed by atoms with Crippen LogP contribution in [0.15, 0.2) is 60.7 Å². The van der Waals surface area contributed by atoms with Crippen LogP contribution in [0.25, 0.3) is 10.8 Å². The number of Topliss-reactive ketones (excluding diaryl/α,β-unsaturated/α-hetero) is 1. The normalized spacial score (nSPS) is 12.6. The van der Waals surface area contributed by atoms with Crippen LogP contribution >= 0.6 is 0 Å². The summed E-state index contributed by atoms with van der Waals surface area (Å²) in [5.74, 6) is -1.53. The van der Waals surface area contributed by atoms with Crippen LogP contribution in [0.1, 0.15) is 40.1 Å². The van der Waals surface area contributed by atoms with Crippen molar-refractivity contribution in [2.75, 3.05) is 12.4 Å². The number of anilines is 1. The van der Waals surface area contributed by atoms with Gasteiger partial charge in [-0.2, -0.15) is 0 Å². The standard InChI is InChI=1S/C25H26N2O5/c1-15(26)23(28)21-19-12-8-7-11-18(19)13-20(22(21)27-16(2)24(29)31-3)25(30)32-14-17-9-5-4-6-10-17/h4-13,15-16,27H,14,26H2,1-3H3/t15-,16+/m1/s1. The topological polar surface area (TPSA) is 108 Å². The molecule has 0 aliphatic rings. The van der Waals surface area contributed by atoms with Crippen molar-refractivity contribution in [2.24, 2.45) is 5.73 Å². The highest BCUT2D eigenvalue weighted by atomic mass is 16.5. The molecule has 0 unspecified atom stereocenters. The number of fused-ring (bicyclic) bond motifs is 1. The van der Waals surface area contributed by atoms with E-state index in [0.29, 0.717) is 10.8 Å². The van der Waals surface area contributed by atoms with Crippen molar-refractivity contribution in [1.29, 1.82) is 0 Å². The van der Waals surface area contributed by atoms with Gasteiger partial charge in [0.1, 0.15) is 12.6 Å². The van der Waals surface area contributed by atoms with E-state index in [1.165, 1.54) is 7.11 Å². The number of carbonyl (C=O) groups is 3. The number of nitrogens with one attached hydrogen (secondary N) is 1. The number of carbonyl (C=O) groups excluding carboxylic acids is 3. The second kappa shape index (κ2) is 10.1. The maximum Gasteiger partial charge on any atom is 0.340 e. The molecule has 0 fully saturated rings. The maximum atomic E-state index is 13.1. The fourth-order valence-electron chi connectivity index (χ4n) is 3.40. The summed E-state index contributed by atoms with van der Waals surface area (Å²) in [6.45, 7) is 3.22. The molecule has 0 amide bonds. The molecule has 166 valence electrons. The van der Waals surface area contributed by atoms with Crippen LogP contribution in [0.2, 0.25) is 0 Å². The summed E-state index contributed by atoms with van der Waals surface area (Å²) >= 11 is 0. The van der Waals surface area contributed by atoms with Gasteiger partial charge in [-0.1, -0.05) is 54.6 Å². The molecule has 3 N–H and O–H groups in total. The monoisotopic (exact) mass is 434 g/mol. The van der Waals surface area contributed by atoms with Crippen molar-refractivity contribution in [3.63, 3.8) is 0 Å². The number of nitrogens with two attached hydrogens (primary N) is 1. The second-order valence-electron chi connectivity index (χ2n) is 7.50. The molecular weight excluding hydrogens is 408 g/mol. The van der Waals surface area contributed by atoms with Gasteiger partial charge in [0.25, 0.3) is 0 Å². The maximum absolute atomic E-state index is 13.1. The van der Waals surface area contributed by atoms with E-state index in [-0.39, 0.29) is 29.2 Å². The lowest BCUT2D eigenvalue weighted by molar-refractivity contribution is -0.141. The smallest absolute Gasteiger partial charge is 0.340 e. The Morgan fingerprint density at radius 1 is 1.00 bits per heavy atom. The van der Waals surface area contributed by atoms with E-state index in [4.69, 9.17) is 15.2 Å². The van der Waals surface area contributed by atoms with Crippen LogP contribution in [0.5, 0.6) is 0 Å². The largest absolute Gasteiger partial charge is 0.467 e. The zero-order valence-corrected chi connectivity index (χ0v) is 18.3. The first-order chi connectivity index (χ1) is 15.3. The summed E-state index contributed by atoms with van der Waals surface area (Å²) in [5, 5.41) is 4.28. The Labute approximate surface area is 186 Å². The van der Waals surface area contributed by atoms with E-state index in [9.17, 15) is 14.4 Å². The molecule has 3 aromatic rings. The first kappa shape index (κ1) is 23.0. The van der Waals surface area contributed by atoms with Crippen LogP contribution in [0, 0.1) is 0 Å². The Balaban J connectivity index is 2.14. The van der Waals surface area contributed by atoms with Crippen molar-refractivity contribution < 1.29 is 23.9 Å². The summed E-state index contributed by atoms with van der Waals surface area (Å²) in [4.78, 5) is 38.3. The predicted molar refractivity (Wildman–Crippen MR) is 123 cm³/mol. The fourth-order valence-corrected chi connectivity index (χ4v) is 3.40. The zero-order valence-electron chi connectivity index (χ0n) is 18.3. The molecule has 0 aromatic heterocycles. The van der Waals surface area contributed by atoms with Crippen molar-refractivity contribution >= 4 is 34.2 Å². The third-order valence-electron chi connectivity index (χ3n) is 5.06. The highest BCUT2D eigenvalue weighted by molar-refractivity contribution is 6.18. The lowest BCUT2D eigenvalue weighted by atomic mass is 9.92. The molecule has 0 aliphatic heterocycles. The summed E-state index contributed by atoms with van der Waals surface area (Å²) in [5.41, 5.74) is 7.32. The quantitative estimate of drug-likeness (QED) is 0.411. The molecule has 32 heavy (non-hydrogen) atoms. The summed E-state index contributed by atoms with van der Waals surface area (Å²) in [6.07, 6.45) is 0. The SMILES string of the molecule is COC(=O)[C@H](C)Nc1c(C(=O)OCc2ccccc2)cc2ccccc2c1C(=O)[C@@H](C)N. The Kier molecular flexibility index (Phi) is 7.22. The van der Waals surface area contributed by atoms with Crippen LogP contribution < -0.4 is 11.1 Å². The van der Waals surface area contributed by atoms with Gasteiger partial charge >= 0.3 is 11.9 Å². The first-order valence-electron chi connectivity index (χ1n) is 10.2. The Hall–Kier alpha value is -3.71. The van der Waals surface area contributed by atoms with E-state index in [1.807, 2.05) is 36.4 Å². The van der Waals surface area contributed by atoms with Gasteiger partial charge in [-0.3, -0.25) is 4.79 Å². The van der Waals surface area contributed by atoms with Gasteiger partial charge in [-0.25, -0.2) is 9.59 Å². The van der Waals surface area contributed by atoms with Gasteiger partial charge in [0.05, 0.1) is 30.0 Å². The minimum absolute atomic E-state index is 0.0646. The average Bonchev–Trinajstić information content (AvgIpc) is 2.81. The molecule has 0 saturated heterocycles. The number of methoxy groups -OCH3 is 1. The van der Waals surface area contributed by atoms with Gasteiger partial charge < -0.3 is 20.5 Å². The van der Waals surface area contributed by atoms with Crippen molar-refractivity contribution in [1.82, 2.24) is 0 Å². The molecule has 3 aromatic carbocycles.